The van der Waals surface area contributed by atoms with Crippen molar-refractivity contribution in [1.29, 1.82) is 0 Å². The number of carbonyl (C=O) groups excluding carboxylic acids is 1. The maximum Gasteiger partial charge on any atom is 0.317 e. The Labute approximate surface area is 149 Å². The number of carbonyl (C=O) groups is 1. The van der Waals surface area contributed by atoms with Crippen LogP contribution in [0.4, 0.5) is 0 Å². The molecule has 1 atom stereocenters. The van der Waals surface area contributed by atoms with Crippen molar-refractivity contribution in [2.24, 2.45) is 0 Å². The Bertz CT molecular complexity index is 698. The van der Waals surface area contributed by atoms with Gasteiger partial charge < -0.3 is 9.64 Å². The van der Waals surface area contributed by atoms with Gasteiger partial charge in [0.15, 0.2) is 0 Å². The zero-order valence-electron chi connectivity index (χ0n) is 14.9. The van der Waals surface area contributed by atoms with Crippen molar-refractivity contribution in [1.82, 2.24) is 14.9 Å². The van der Waals surface area contributed by atoms with E-state index in [1.807, 2.05) is 43.0 Å². The van der Waals surface area contributed by atoms with Gasteiger partial charge in [0.2, 0.25) is 5.91 Å². The molecule has 5 heteroatoms. The molecule has 0 N–H and O–H groups in total. The van der Waals surface area contributed by atoms with E-state index in [9.17, 15) is 4.79 Å². The lowest BCUT2D eigenvalue weighted by Gasteiger charge is -2.32. The number of likely N-dealkylation sites (tertiary alicyclic amines) is 1. The van der Waals surface area contributed by atoms with Crippen LogP contribution in [0.2, 0.25) is 0 Å². The van der Waals surface area contributed by atoms with Gasteiger partial charge in [-0.1, -0.05) is 30.3 Å². The third-order valence-corrected chi connectivity index (χ3v) is 4.44. The van der Waals surface area contributed by atoms with Gasteiger partial charge in [-0.2, -0.15) is 0 Å². The second kappa shape index (κ2) is 8.10. The van der Waals surface area contributed by atoms with Crippen LogP contribution in [0.25, 0.3) is 0 Å². The monoisotopic (exact) mass is 339 g/mol. The van der Waals surface area contributed by atoms with E-state index < -0.39 is 0 Å². The third-order valence-electron chi connectivity index (χ3n) is 4.44. The van der Waals surface area contributed by atoms with E-state index in [0.717, 1.165) is 37.2 Å². The van der Waals surface area contributed by atoms with E-state index in [1.54, 1.807) is 0 Å². The molecule has 0 spiro atoms. The van der Waals surface area contributed by atoms with E-state index in [4.69, 9.17) is 4.74 Å². The standard InChI is InChI=1S/C20H25N3O2/c1-15-13-16(2)22-20(21-15)25-18-9-6-12-23(14-18)19(24)11-10-17-7-4-3-5-8-17/h3-5,7-8,13,18H,6,9-12,14H2,1-2H3/t18-/m0/s1. The molecule has 1 saturated heterocycles. The summed E-state index contributed by atoms with van der Waals surface area (Å²) < 4.78 is 5.94. The Balaban J connectivity index is 1.54. The maximum absolute atomic E-state index is 12.5. The third kappa shape index (κ3) is 5.02. The quantitative estimate of drug-likeness (QED) is 0.840. The Kier molecular flexibility index (Phi) is 5.64. The van der Waals surface area contributed by atoms with Gasteiger partial charge >= 0.3 is 6.01 Å². The summed E-state index contributed by atoms with van der Waals surface area (Å²) >= 11 is 0. The molecule has 3 rings (SSSR count). The van der Waals surface area contributed by atoms with Crippen molar-refractivity contribution in [2.75, 3.05) is 13.1 Å². The van der Waals surface area contributed by atoms with Crippen LogP contribution in [0.5, 0.6) is 6.01 Å². The van der Waals surface area contributed by atoms with Crippen LogP contribution >= 0.6 is 0 Å². The molecule has 0 bridgehead atoms. The number of hydrogen-bond acceptors (Lipinski definition) is 4. The molecule has 0 unspecified atom stereocenters. The molecule has 0 aliphatic carbocycles. The first kappa shape index (κ1) is 17.4. The number of piperidine rings is 1. The van der Waals surface area contributed by atoms with Crippen molar-refractivity contribution < 1.29 is 9.53 Å². The summed E-state index contributed by atoms with van der Waals surface area (Å²) in [5, 5.41) is 0. The molecule has 1 fully saturated rings. The molecule has 1 aromatic carbocycles. The topological polar surface area (TPSA) is 55.3 Å². The number of amides is 1. The Morgan fingerprint density at radius 2 is 1.92 bits per heavy atom. The van der Waals surface area contributed by atoms with Crippen LogP contribution in [0, 0.1) is 13.8 Å². The van der Waals surface area contributed by atoms with Crippen LogP contribution in [0.3, 0.4) is 0 Å². The summed E-state index contributed by atoms with van der Waals surface area (Å²) in [6.45, 7) is 5.29. The van der Waals surface area contributed by atoms with E-state index in [0.29, 0.717) is 19.0 Å². The fourth-order valence-electron chi connectivity index (χ4n) is 3.21. The predicted molar refractivity (Wildman–Crippen MR) is 96.5 cm³/mol. The van der Waals surface area contributed by atoms with Gasteiger partial charge in [0.05, 0.1) is 6.54 Å². The van der Waals surface area contributed by atoms with E-state index in [1.165, 1.54) is 5.56 Å². The zero-order chi connectivity index (χ0) is 17.6. The lowest BCUT2D eigenvalue weighted by molar-refractivity contribution is -0.133. The molecule has 1 aromatic heterocycles. The SMILES string of the molecule is Cc1cc(C)nc(O[C@H]2CCCN(C(=O)CCc3ccccc3)C2)n1. The molecular weight excluding hydrogens is 314 g/mol. The predicted octanol–water partition coefficient (Wildman–Crippen LogP) is 3.10. The number of rotatable bonds is 5. The van der Waals surface area contributed by atoms with Crippen molar-refractivity contribution in [3.05, 3.63) is 53.3 Å². The van der Waals surface area contributed by atoms with Crippen LogP contribution < -0.4 is 4.74 Å². The lowest BCUT2D eigenvalue weighted by atomic mass is 10.1. The summed E-state index contributed by atoms with van der Waals surface area (Å²) in [6, 6.07) is 12.5. The zero-order valence-corrected chi connectivity index (χ0v) is 14.9. The van der Waals surface area contributed by atoms with Gasteiger partial charge in [0, 0.05) is 24.4 Å². The molecule has 25 heavy (non-hydrogen) atoms. The molecule has 0 saturated carbocycles. The average molecular weight is 339 g/mol. The first-order valence-corrected chi connectivity index (χ1v) is 8.91. The molecule has 1 aliphatic rings. The highest BCUT2D eigenvalue weighted by molar-refractivity contribution is 5.76. The second-order valence-electron chi connectivity index (χ2n) is 6.64. The molecule has 1 amide bonds. The summed E-state index contributed by atoms with van der Waals surface area (Å²) in [6.07, 6.45) is 3.17. The minimum absolute atomic E-state index is 0.0318. The Morgan fingerprint density at radius 3 is 2.64 bits per heavy atom. The number of ether oxygens (including phenoxy) is 1. The van der Waals surface area contributed by atoms with Crippen LogP contribution in [0.1, 0.15) is 36.2 Å². The van der Waals surface area contributed by atoms with Crippen LogP contribution in [0.15, 0.2) is 36.4 Å². The van der Waals surface area contributed by atoms with Crippen molar-refractivity contribution in [3.8, 4) is 6.01 Å². The minimum atomic E-state index is -0.0318. The first-order chi connectivity index (χ1) is 12.1. The summed E-state index contributed by atoms with van der Waals surface area (Å²) in [7, 11) is 0. The normalized spacial score (nSPS) is 17.4. The van der Waals surface area contributed by atoms with Gasteiger partial charge in [-0.05, 0) is 44.7 Å². The number of nitrogens with zero attached hydrogens (tertiary/aromatic N) is 3. The van der Waals surface area contributed by atoms with E-state index in [-0.39, 0.29) is 12.0 Å². The molecular formula is C20H25N3O2. The smallest absolute Gasteiger partial charge is 0.317 e. The van der Waals surface area contributed by atoms with Gasteiger partial charge in [0.1, 0.15) is 6.10 Å². The number of hydrogen-bond donors (Lipinski definition) is 0. The molecule has 2 heterocycles. The van der Waals surface area contributed by atoms with Gasteiger partial charge in [-0.25, -0.2) is 9.97 Å². The highest BCUT2D eigenvalue weighted by Gasteiger charge is 2.25. The maximum atomic E-state index is 12.5. The summed E-state index contributed by atoms with van der Waals surface area (Å²) in [4.78, 5) is 23.1. The molecule has 132 valence electrons. The lowest BCUT2D eigenvalue weighted by Crippen LogP contribution is -2.44. The minimum Gasteiger partial charge on any atom is -0.458 e. The van der Waals surface area contributed by atoms with E-state index >= 15 is 0 Å². The van der Waals surface area contributed by atoms with Crippen molar-refractivity contribution in [3.63, 3.8) is 0 Å². The molecule has 0 radical (unpaired) electrons. The first-order valence-electron chi connectivity index (χ1n) is 8.91. The fraction of sp³-hybridized carbons (Fsp3) is 0.450. The Hall–Kier alpha value is -2.43. The summed E-state index contributed by atoms with van der Waals surface area (Å²) in [5.74, 6) is 0.193. The largest absolute Gasteiger partial charge is 0.458 e. The van der Waals surface area contributed by atoms with Crippen LogP contribution in [-0.4, -0.2) is 40.0 Å². The Morgan fingerprint density at radius 1 is 1.20 bits per heavy atom. The van der Waals surface area contributed by atoms with Gasteiger partial charge in [-0.3, -0.25) is 4.79 Å². The van der Waals surface area contributed by atoms with Crippen molar-refractivity contribution >= 4 is 5.91 Å². The van der Waals surface area contributed by atoms with Gasteiger partial charge in [-0.15, -0.1) is 0 Å². The van der Waals surface area contributed by atoms with E-state index in [2.05, 4.69) is 22.1 Å². The fourth-order valence-corrected chi connectivity index (χ4v) is 3.21. The second-order valence-corrected chi connectivity index (χ2v) is 6.64. The number of aromatic nitrogens is 2. The molecule has 5 nitrogen and oxygen atoms in total. The van der Waals surface area contributed by atoms with Gasteiger partial charge in [0.25, 0.3) is 0 Å². The number of aryl methyl sites for hydroxylation is 3. The summed E-state index contributed by atoms with van der Waals surface area (Å²) in [5.41, 5.74) is 2.99. The van der Waals surface area contributed by atoms with Crippen LogP contribution in [-0.2, 0) is 11.2 Å². The molecule has 2 aromatic rings. The van der Waals surface area contributed by atoms with Crippen molar-refractivity contribution in [2.45, 2.75) is 45.6 Å². The number of benzene rings is 1. The highest BCUT2D eigenvalue weighted by atomic mass is 16.5. The highest BCUT2D eigenvalue weighted by Crippen LogP contribution is 2.17. The molecule has 1 aliphatic heterocycles. The average Bonchev–Trinajstić information content (AvgIpc) is 2.60.